The van der Waals surface area contributed by atoms with E-state index in [1.54, 1.807) is 18.2 Å². The molecule has 0 spiro atoms. The van der Waals surface area contributed by atoms with Gasteiger partial charge < -0.3 is 10.1 Å². The van der Waals surface area contributed by atoms with E-state index < -0.39 is 0 Å². The van der Waals surface area contributed by atoms with Crippen molar-refractivity contribution in [3.8, 4) is 11.5 Å². The van der Waals surface area contributed by atoms with Crippen LogP contribution in [0.15, 0.2) is 42.5 Å². The van der Waals surface area contributed by atoms with E-state index >= 15 is 0 Å². The van der Waals surface area contributed by atoms with Crippen molar-refractivity contribution in [1.82, 2.24) is 5.32 Å². The standard InChI is InChI=1S/C14H13Cl2NO/c1-17-9-10-5-6-13(8-14(10)16)18-12-4-2-3-11(15)7-12/h2-8,17H,9H2,1H3. The second kappa shape index (κ2) is 6.10. The van der Waals surface area contributed by atoms with Crippen LogP contribution in [0.25, 0.3) is 0 Å². The third-order valence-electron chi connectivity index (χ3n) is 2.42. The third kappa shape index (κ3) is 3.39. The van der Waals surface area contributed by atoms with Crippen molar-refractivity contribution < 1.29 is 4.74 Å². The lowest BCUT2D eigenvalue weighted by molar-refractivity contribution is 0.482. The molecule has 2 rings (SSSR count). The van der Waals surface area contributed by atoms with E-state index in [1.807, 2.05) is 31.3 Å². The highest BCUT2D eigenvalue weighted by molar-refractivity contribution is 6.31. The number of halogens is 2. The minimum Gasteiger partial charge on any atom is -0.457 e. The molecule has 18 heavy (non-hydrogen) atoms. The van der Waals surface area contributed by atoms with Crippen LogP contribution < -0.4 is 10.1 Å². The minimum atomic E-state index is 0.644. The lowest BCUT2D eigenvalue weighted by Crippen LogP contribution is -2.05. The first kappa shape index (κ1) is 13.2. The Morgan fingerprint density at radius 3 is 2.50 bits per heavy atom. The number of nitrogens with one attached hydrogen (secondary N) is 1. The van der Waals surface area contributed by atoms with Crippen molar-refractivity contribution in [3.63, 3.8) is 0 Å². The molecule has 0 aliphatic heterocycles. The van der Waals surface area contributed by atoms with Gasteiger partial charge in [-0.25, -0.2) is 0 Å². The van der Waals surface area contributed by atoms with Gasteiger partial charge in [0.2, 0.25) is 0 Å². The molecule has 0 radical (unpaired) electrons. The molecule has 0 saturated carbocycles. The smallest absolute Gasteiger partial charge is 0.128 e. The summed E-state index contributed by atoms with van der Waals surface area (Å²) >= 11 is 12.1. The molecule has 0 heterocycles. The molecule has 0 aromatic heterocycles. The summed E-state index contributed by atoms with van der Waals surface area (Å²) in [5, 5.41) is 4.39. The summed E-state index contributed by atoms with van der Waals surface area (Å²) in [6.07, 6.45) is 0. The van der Waals surface area contributed by atoms with E-state index in [4.69, 9.17) is 27.9 Å². The zero-order chi connectivity index (χ0) is 13.0. The first-order valence-corrected chi connectivity index (χ1v) is 6.31. The van der Waals surface area contributed by atoms with E-state index in [-0.39, 0.29) is 0 Å². The highest BCUT2D eigenvalue weighted by Crippen LogP contribution is 2.28. The van der Waals surface area contributed by atoms with Gasteiger partial charge in [-0.2, -0.15) is 0 Å². The van der Waals surface area contributed by atoms with Gasteiger partial charge in [0.1, 0.15) is 11.5 Å². The zero-order valence-corrected chi connectivity index (χ0v) is 11.4. The van der Waals surface area contributed by atoms with Crippen molar-refractivity contribution in [1.29, 1.82) is 0 Å². The molecule has 0 unspecified atom stereocenters. The normalized spacial score (nSPS) is 10.4. The highest BCUT2D eigenvalue weighted by atomic mass is 35.5. The first-order valence-electron chi connectivity index (χ1n) is 5.55. The predicted octanol–water partition coefficient (Wildman–Crippen LogP) is 4.51. The van der Waals surface area contributed by atoms with Crippen LogP contribution in [-0.2, 0) is 6.54 Å². The Hall–Kier alpha value is -1.22. The van der Waals surface area contributed by atoms with E-state index in [9.17, 15) is 0 Å². The Bertz CT molecular complexity index is 543. The number of ether oxygens (including phenoxy) is 1. The lowest BCUT2D eigenvalue weighted by Gasteiger charge is -2.09. The van der Waals surface area contributed by atoms with Gasteiger partial charge in [0.25, 0.3) is 0 Å². The summed E-state index contributed by atoms with van der Waals surface area (Å²) in [6, 6.07) is 12.9. The monoisotopic (exact) mass is 281 g/mol. The maximum atomic E-state index is 6.16. The van der Waals surface area contributed by atoms with Crippen molar-refractivity contribution in [2.24, 2.45) is 0 Å². The SMILES string of the molecule is CNCc1ccc(Oc2cccc(Cl)c2)cc1Cl. The van der Waals surface area contributed by atoms with Crippen LogP contribution in [0.3, 0.4) is 0 Å². The second-order valence-corrected chi connectivity index (χ2v) is 4.69. The van der Waals surface area contributed by atoms with E-state index in [0.29, 0.717) is 21.5 Å². The maximum Gasteiger partial charge on any atom is 0.128 e. The van der Waals surface area contributed by atoms with Gasteiger partial charge in [0.05, 0.1) is 0 Å². The van der Waals surface area contributed by atoms with Gasteiger partial charge in [0, 0.05) is 16.6 Å². The molecular formula is C14H13Cl2NO. The molecule has 0 bridgehead atoms. The first-order chi connectivity index (χ1) is 8.69. The van der Waals surface area contributed by atoms with Crippen LogP contribution in [0, 0.1) is 0 Å². The molecule has 2 aromatic rings. The van der Waals surface area contributed by atoms with Crippen LogP contribution in [0.5, 0.6) is 11.5 Å². The summed E-state index contributed by atoms with van der Waals surface area (Å²) in [4.78, 5) is 0. The number of hydrogen-bond donors (Lipinski definition) is 1. The predicted molar refractivity (Wildman–Crippen MR) is 75.7 cm³/mol. The molecule has 0 aliphatic carbocycles. The highest BCUT2D eigenvalue weighted by Gasteiger charge is 2.03. The minimum absolute atomic E-state index is 0.644. The molecule has 0 aliphatic rings. The summed E-state index contributed by atoms with van der Waals surface area (Å²) in [5.41, 5.74) is 1.04. The third-order valence-corrected chi connectivity index (χ3v) is 3.01. The maximum absolute atomic E-state index is 6.16. The largest absolute Gasteiger partial charge is 0.457 e. The summed E-state index contributed by atoms with van der Waals surface area (Å²) in [7, 11) is 1.88. The van der Waals surface area contributed by atoms with Crippen molar-refractivity contribution >= 4 is 23.2 Å². The van der Waals surface area contributed by atoms with Crippen molar-refractivity contribution in [2.45, 2.75) is 6.54 Å². The Morgan fingerprint density at radius 2 is 1.83 bits per heavy atom. The number of rotatable bonds is 4. The summed E-state index contributed by atoms with van der Waals surface area (Å²) in [5.74, 6) is 1.39. The zero-order valence-electron chi connectivity index (χ0n) is 9.91. The average Bonchev–Trinajstić information content (AvgIpc) is 2.33. The fourth-order valence-corrected chi connectivity index (χ4v) is 2.01. The van der Waals surface area contributed by atoms with Crippen LogP contribution in [0.2, 0.25) is 10.0 Å². The van der Waals surface area contributed by atoms with Gasteiger partial charge >= 0.3 is 0 Å². The Kier molecular flexibility index (Phi) is 4.48. The van der Waals surface area contributed by atoms with Gasteiger partial charge in [-0.15, -0.1) is 0 Å². The second-order valence-electron chi connectivity index (χ2n) is 3.84. The molecule has 0 fully saturated rings. The van der Waals surface area contributed by atoms with Gasteiger partial charge in [-0.05, 0) is 42.9 Å². The topological polar surface area (TPSA) is 21.3 Å². The Balaban J connectivity index is 2.17. The molecule has 0 atom stereocenters. The molecule has 2 nitrogen and oxygen atoms in total. The van der Waals surface area contributed by atoms with Gasteiger partial charge in [-0.3, -0.25) is 0 Å². The summed E-state index contributed by atoms with van der Waals surface area (Å²) in [6.45, 7) is 0.732. The van der Waals surface area contributed by atoms with Gasteiger partial charge in [0.15, 0.2) is 0 Å². The van der Waals surface area contributed by atoms with Crippen LogP contribution in [0.4, 0.5) is 0 Å². The quantitative estimate of drug-likeness (QED) is 0.891. The van der Waals surface area contributed by atoms with E-state index in [0.717, 1.165) is 12.1 Å². The molecule has 2 aromatic carbocycles. The fourth-order valence-electron chi connectivity index (χ4n) is 1.59. The molecular weight excluding hydrogens is 269 g/mol. The van der Waals surface area contributed by atoms with Crippen LogP contribution >= 0.6 is 23.2 Å². The average molecular weight is 282 g/mol. The van der Waals surface area contributed by atoms with Gasteiger partial charge in [-0.1, -0.05) is 35.3 Å². The molecule has 0 saturated heterocycles. The Morgan fingerprint density at radius 1 is 1.06 bits per heavy atom. The van der Waals surface area contributed by atoms with Crippen molar-refractivity contribution in [2.75, 3.05) is 7.05 Å². The molecule has 0 amide bonds. The number of hydrogen-bond acceptors (Lipinski definition) is 2. The van der Waals surface area contributed by atoms with Crippen molar-refractivity contribution in [3.05, 3.63) is 58.1 Å². The summed E-state index contributed by atoms with van der Waals surface area (Å²) < 4.78 is 5.68. The Labute approximate surface area is 116 Å². The fraction of sp³-hybridized carbons (Fsp3) is 0.143. The van der Waals surface area contributed by atoms with E-state index in [2.05, 4.69) is 5.32 Å². The molecule has 4 heteroatoms. The lowest BCUT2D eigenvalue weighted by atomic mass is 10.2. The van der Waals surface area contributed by atoms with Crippen LogP contribution in [-0.4, -0.2) is 7.05 Å². The molecule has 1 N–H and O–H groups in total. The number of benzene rings is 2. The molecule has 94 valence electrons. The van der Waals surface area contributed by atoms with Crippen LogP contribution in [0.1, 0.15) is 5.56 Å². The van der Waals surface area contributed by atoms with E-state index in [1.165, 1.54) is 0 Å².